The summed E-state index contributed by atoms with van der Waals surface area (Å²) in [6.45, 7) is 0. The van der Waals surface area contributed by atoms with Crippen molar-refractivity contribution in [1.82, 2.24) is 9.97 Å². The van der Waals surface area contributed by atoms with Gasteiger partial charge in [0.05, 0.1) is 0 Å². The van der Waals surface area contributed by atoms with Crippen LogP contribution in [0.4, 0.5) is 11.6 Å². The highest BCUT2D eigenvalue weighted by Crippen LogP contribution is 2.22. The van der Waals surface area contributed by atoms with Gasteiger partial charge in [-0.25, -0.2) is 9.97 Å². The normalized spacial score (nSPS) is 9.40. The molecule has 1 aromatic rings. The van der Waals surface area contributed by atoms with Gasteiger partial charge < -0.3 is 11.1 Å². The van der Waals surface area contributed by atoms with Gasteiger partial charge in [0, 0.05) is 7.05 Å². The van der Waals surface area contributed by atoms with Crippen molar-refractivity contribution in [3.63, 3.8) is 0 Å². The Balaban J connectivity index is 3.14. The van der Waals surface area contributed by atoms with Crippen molar-refractivity contribution in [1.29, 1.82) is 0 Å². The van der Waals surface area contributed by atoms with Crippen LogP contribution in [0.1, 0.15) is 0 Å². The Kier molecular flexibility index (Phi) is 2.06. The average molecular weight is 203 g/mol. The number of hydrogen-bond donors (Lipinski definition) is 2. The number of nitrogens with zero attached hydrogens (tertiary/aromatic N) is 2. The summed E-state index contributed by atoms with van der Waals surface area (Å²) in [6.07, 6.45) is 1.41. The van der Waals surface area contributed by atoms with E-state index in [1.165, 1.54) is 6.33 Å². The van der Waals surface area contributed by atoms with Gasteiger partial charge in [-0.15, -0.1) is 0 Å². The Morgan fingerprint density at radius 1 is 1.60 bits per heavy atom. The molecule has 5 heteroatoms. The van der Waals surface area contributed by atoms with Gasteiger partial charge >= 0.3 is 0 Å². The van der Waals surface area contributed by atoms with Crippen molar-refractivity contribution >= 4 is 27.6 Å². The fraction of sp³-hybridized carbons (Fsp3) is 0.200. The molecule has 0 radical (unpaired) electrons. The maximum Gasteiger partial charge on any atom is 0.145 e. The Morgan fingerprint density at radius 3 is 2.80 bits per heavy atom. The summed E-state index contributed by atoms with van der Waals surface area (Å²) in [5.74, 6) is 1.15. The second-order valence-electron chi connectivity index (χ2n) is 1.67. The largest absolute Gasteiger partial charge is 0.383 e. The lowest BCUT2D eigenvalue weighted by Gasteiger charge is -2.01. The van der Waals surface area contributed by atoms with Crippen molar-refractivity contribution in [3.8, 4) is 0 Å². The van der Waals surface area contributed by atoms with Crippen LogP contribution in [0.15, 0.2) is 10.8 Å². The van der Waals surface area contributed by atoms with Crippen LogP contribution in [0.25, 0.3) is 0 Å². The Hall–Kier alpha value is -0.840. The molecule has 0 aliphatic rings. The first kappa shape index (κ1) is 7.27. The molecule has 0 aliphatic heterocycles. The van der Waals surface area contributed by atoms with Crippen LogP contribution in [0.2, 0.25) is 0 Å². The fourth-order valence-electron chi connectivity index (χ4n) is 0.558. The van der Waals surface area contributed by atoms with Crippen LogP contribution >= 0.6 is 15.9 Å². The molecule has 1 aromatic heterocycles. The van der Waals surface area contributed by atoms with Crippen LogP contribution in [0, 0.1) is 0 Å². The van der Waals surface area contributed by atoms with Crippen LogP contribution in [-0.4, -0.2) is 17.0 Å². The molecule has 0 aromatic carbocycles. The van der Waals surface area contributed by atoms with E-state index in [0.29, 0.717) is 16.1 Å². The molecule has 3 N–H and O–H groups in total. The van der Waals surface area contributed by atoms with E-state index in [2.05, 4.69) is 31.2 Å². The molecule has 0 aliphatic carbocycles. The molecule has 1 heterocycles. The number of anilines is 2. The molecular weight excluding hydrogens is 196 g/mol. The second kappa shape index (κ2) is 2.83. The minimum absolute atomic E-state index is 0.444. The van der Waals surface area contributed by atoms with E-state index in [9.17, 15) is 0 Å². The SMILES string of the molecule is CNc1ncnc(N)c1Br. The molecule has 0 bridgehead atoms. The summed E-state index contributed by atoms with van der Waals surface area (Å²) in [7, 11) is 1.77. The third-order valence-electron chi connectivity index (χ3n) is 1.05. The molecule has 0 fully saturated rings. The maximum absolute atomic E-state index is 5.46. The number of rotatable bonds is 1. The summed E-state index contributed by atoms with van der Waals surface area (Å²) in [5.41, 5.74) is 5.46. The lowest BCUT2D eigenvalue weighted by molar-refractivity contribution is 1.15. The molecule has 0 amide bonds. The van der Waals surface area contributed by atoms with E-state index in [1.54, 1.807) is 7.05 Å². The van der Waals surface area contributed by atoms with Crippen LogP contribution < -0.4 is 11.1 Å². The quantitative estimate of drug-likeness (QED) is 0.710. The van der Waals surface area contributed by atoms with Gasteiger partial charge in [-0.1, -0.05) is 0 Å². The van der Waals surface area contributed by atoms with Crippen molar-refractivity contribution in [3.05, 3.63) is 10.8 Å². The van der Waals surface area contributed by atoms with Gasteiger partial charge in [-0.05, 0) is 15.9 Å². The summed E-state index contributed by atoms with van der Waals surface area (Å²) in [5, 5.41) is 2.86. The van der Waals surface area contributed by atoms with Crippen LogP contribution in [0.5, 0.6) is 0 Å². The second-order valence-corrected chi connectivity index (χ2v) is 2.46. The van der Waals surface area contributed by atoms with Gasteiger partial charge in [-0.2, -0.15) is 0 Å². The summed E-state index contributed by atoms with van der Waals surface area (Å²) in [6, 6.07) is 0. The smallest absolute Gasteiger partial charge is 0.145 e. The number of nitrogens with two attached hydrogens (primary N) is 1. The summed E-state index contributed by atoms with van der Waals surface area (Å²) in [4.78, 5) is 7.68. The number of hydrogen-bond acceptors (Lipinski definition) is 4. The molecule has 0 unspecified atom stereocenters. The fourth-order valence-corrected chi connectivity index (χ4v) is 0.961. The lowest BCUT2D eigenvalue weighted by atomic mass is 10.5. The molecule has 10 heavy (non-hydrogen) atoms. The predicted octanol–water partition coefficient (Wildman–Crippen LogP) is 0.863. The highest BCUT2D eigenvalue weighted by molar-refractivity contribution is 9.10. The molecular formula is C5H7BrN4. The van der Waals surface area contributed by atoms with E-state index in [-0.39, 0.29) is 0 Å². The molecule has 1 rings (SSSR count). The first-order chi connectivity index (χ1) is 4.75. The number of nitrogen functional groups attached to an aromatic ring is 1. The van der Waals surface area contributed by atoms with Crippen LogP contribution in [-0.2, 0) is 0 Å². The van der Waals surface area contributed by atoms with Crippen molar-refractivity contribution in [2.45, 2.75) is 0 Å². The average Bonchev–Trinajstić information content (AvgIpc) is 1.95. The molecule has 0 saturated heterocycles. The predicted molar refractivity (Wildman–Crippen MR) is 43.7 cm³/mol. The summed E-state index contributed by atoms with van der Waals surface area (Å²) >= 11 is 3.23. The molecule has 54 valence electrons. The van der Waals surface area contributed by atoms with E-state index in [0.717, 1.165) is 0 Å². The van der Waals surface area contributed by atoms with Crippen molar-refractivity contribution < 1.29 is 0 Å². The van der Waals surface area contributed by atoms with Crippen LogP contribution in [0.3, 0.4) is 0 Å². The highest BCUT2D eigenvalue weighted by atomic mass is 79.9. The van der Waals surface area contributed by atoms with E-state index in [1.807, 2.05) is 0 Å². The van der Waals surface area contributed by atoms with Gasteiger partial charge in [0.2, 0.25) is 0 Å². The Labute approximate surface area is 67.0 Å². The lowest BCUT2D eigenvalue weighted by Crippen LogP contribution is -1.98. The first-order valence-electron chi connectivity index (χ1n) is 2.69. The number of halogens is 1. The van der Waals surface area contributed by atoms with E-state index < -0.39 is 0 Å². The standard InChI is InChI=1S/C5H7BrN4/c1-8-5-3(6)4(7)9-2-10-5/h2H,1H3,(H3,7,8,9,10). The van der Waals surface area contributed by atoms with E-state index >= 15 is 0 Å². The van der Waals surface area contributed by atoms with E-state index in [4.69, 9.17) is 5.73 Å². The maximum atomic E-state index is 5.46. The van der Waals surface area contributed by atoms with Gasteiger partial charge in [0.15, 0.2) is 0 Å². The third kappa shape index (κ3) is 1.18. The molecule has 4 nitrogen and oxygen atoms in total. The first-order valence-corrected chi connectivity index (χ1v) is 3.48. The van der Waals surface area contributed by atoms with Gasteiger partial charge in [0.1, 0.15) is 22.4 Å². The van der Waals surface area contributed by atoms with Gasteiger partial charge in [0.25, 0.3) is 0 Å². The van der Waals surface area contributed by atoms with Gasteiger partial charge in [-0.3, -0.25) is 0 Å². The minimum Gasteiger partial charge on any atom is -0.383 e. The molecule has 0 atom stereocenters. The zero-order valence-electron chi connectivity index (χ0n) is 5.43. The topological polar surface area (TPSA) is 63.8 Å². The van der Waals surface area contributed by atoms with Crippen molar-refractivity contribution in [2.24, 2.45) is 0 Å². The Bertz CT molecular complexity index is 237. The Morgan fingerprint density at radius 2 is 2.30 bits per heavy atom. The molecule has 0 spiro atoms. The summed E-state index contributed by atoms with van der Waals surface area (Å²) < 4.78 is 0.706. The zero-order chi connectivity index (χ0) is 7.56. The zero-order valence-corrected chi connectivity index (χ0v) is 7.01. The third-order valence-corrected chi connectivity index (χ3v) is 1.84. The number of aromatic nitrogens is 2. The number of nitrogens with one attached hydrogen (secondary N) is 1. The van der Waals surface area contributed by atoms with Crippen molar-refractivity contribution in [2.75, 3.05) is 18.1 Å². The monoisotopic (exact) mass is 202 g/mol. The highest BCUT2D eigenvalue weighted by Gasteiger charge is 2.01. The molecule has 0 saturated carbocycles. The minimum atomic E-state index is 0.444.